The van der Waals surface area contributed by atoms with Gasteiger partial charge in [0.05, 0.1) is 17.8 Å². The van der Waals surface area contributed by atoms with Crippen LogP contribution < -0.4 is 4.90 Å². The number of aliphatic carboxylic acids is 2. The number of aromatic nitrogens is 4. The van der Waals surface area contributed by atoms with Crippen molar-refractivity contribution in [3.63, 3.8) is 0 Å². The van der Waals surface area contributed by atoms with Crippen LogP contribution in [-0.4, -0.2) is 91.3 Å². The Bertz CT molecular complexity index is 1090. The lowest BCUT2D eigenvalue weighted by Gasteiger charge is -2.45. The van der Waals surface area contributed by atoms with Gasteiger partial charge in [0.15, 0.2) is 0 Å². The summed E-state index contributed by atoms with van der Waals surface area (Å²) >= 11 is 0. The second kappa shape index (κ2) is 12.1. The first-order chi connectivity index (χ1) is 17.9. The average Bonchev–Trinajstić information content (AvgIpc) is 3.44. The zero-order chi connectivity index (χ0) is 29.6. The van der Waals surface area contributed by atoms with Gasteiger partial charge in [0.2, 0.25) is 0 Å². The first-order valence-corrected chi connectivity index (χ1v) is 11.1. The number of likely N-dealkylation sites (tertiary alicyclic amines) is 1. The summed E-state index contributed by atoms with van der Waals surface area (Å²) in [6.45, 7) is 2.38. The number of carbonyl (C=O) groups is 2. The molecule has 2 fully saturated rings. The highest BCUT2D eigenvalue weighted by molar-refractivity contribution is 5.73. The van der Waals surface area contributed by atoms with E-state index in [1.807, 2.05) is 18.1 Å². The molecule has 1 spiro atoms. The number of aryl methyl sites for hydroxylation is 1. The van der Waals surface area contributed by atoms with Gasteiger partial charge >= 0.3 is 24.3 Å². The number of hydrogen-bond donors (Lipinski definition) is 2. The summed E-state index contributed by atoms with van der Waals surface area (Å²) in [5.74, 6) is -7.49. The number of carboxylic acid groups (broad SMARTS) is 2. The Kier molecular flexibility index (Phi) is 9.81. The second-order valence-corrected chi connectivity index (χ2v) is 8.81. The van der Waals surface area contributed by atoms with Gasteiger partial charge in [-0.3, -0.25) is 14.6 Å². The van der Waals surface area contributed by atoms with E-state index in [1.165, 1.54) is 0 Å². The summed E-state index contributed by atoms with van der Waals surface area (Å²) in [7, 11) is 1.87. The van der Waals surface area contributed by atoms with Gasteiger partial charge in [-0.2, -0.15) is 31.4 Å². The lowest BCUT2D eigenvalue weighted by Crippen LogP contribution is -2.56. The van der Waals surface area contributed by atoms with E-state index >= 15 is 0 Å². The Morgan fingerprint density at radius 3 is 2.00 bits per heavy atom. The normalized spacial score (nSPS) is 21.0. The third-order valence-electron chi connectivity index (χ3n) is 5.92. The maximum absolute atomic E-state index is 14.9. The molecule has 4 rings (SSSR count). The SMILES string of the molecule is Cn1cc(CN2CCC(F)(F)C3(CCN(c4cnccn4)C3)C2)cn1.O=C(O)C(F)(F)F.O=C(O)C(F)(F)F. The van der Waals surface area contributed by atoms with E-state index in [4.69, 9.17) is 19.8 Å². The van der Waals surface area contributed by atoms with Crippen LogP contribution in [0.25, 0.3) is 0 Å². The molecule has 0 amide bonds. The standard InChI is InChI=1S/C17H22F2N6.2C2HF3O2/c1-23-10-14(8-22-23)11-24-6-3-17(18,19)16(12-24)2-7-25(13-16)15-9-20-4-5-21-15;2*3-2(4,5)1(6)7/h4-5,8-10H,2-3,6-7,11-13H2,1H3;2*(H,6,7). The highest BCUT2D eigenvalue weighted by Gasteiger charge is 2.59. The highest BCUT2D eigenvalue weighted by Crippen LogP contribution is 2.50. The molecule has 1 atom stereocenters. The van der Waals surface area contributed by atoms with E-state index in [2.05, 4.69) is 20.0 Å². The van der Waals surface area contributed by atoms with Crippen molar-refractivity contribution in [1.29, 1.82) is 0 Å². The zero-order valence-electron chi connectivity index (χ0n) is 20.3. The molecular formula is C21H24F8N6O4. The van der Waals surface area contributed by atoms with E-state index in [0.29, 0.717) is 45.0 Å². The summed E-state index contributed by atoms with van der Waals surface area (Å²) in [6, 6.07) is 0. The molecule has 1 unspecified atom stereocenters. The molecule has 0 bridgehead atoms. The Labute approximate surface area is 215 Å². The van der Waals surface area contributed by atoms with Crippen LogP contribution in [0.2, 0.25) is 0 Å². The number of alkyl halides is 8. The molecule has 2 aromatic rings. The third kappa shape index (κ3) is 8.72. The fourth-order valence-electron chi connectivity index (χ4n) is 4.08. The van der Waals surface area contributed by atoms with Crippen molar-refractivity contribution in [2.75, 3.05) is 31.1 Å². The molecule has 2 aromatic heterocycles. The summed E-state index contributed by atoms with van der Waals surface area (Å²) in [5, 5.41) is 18.4. The molecule has 218 valence electrons. The smallest absolute Gasteiger partial charge is 0.475 e. The van der Waals surface area contributed by atoms with Crippen LogP contribution in [0.5, 0.6) is 0 Å². The monoisotopic (exact) mass is 576 g/mol. The molecule has 2 aliphatic heterocycles. The lowest BCUT2D eigenvalue weighted by atomic mass is 9.75. The van der Waals surface area contributed by atoms with Crippen molar-refractivity contribution in [1.82, 2.24) is 24.6 Å². The van der Waals surface area contributed by atoms with Crippen LogP contribution >= 0.6 is 0 Å². The van der Waals surface area contributed by atoms with Crippen LogP contribution in [0.4, 0.5) is 40.9 Å². The Hall–Kier alpha value is -3.57. The maximum atomic E-state index is 14.9. The van der Waals surface area contributed by atoms with E-state index in [1.54, 1.807) is 29.5 Å². The number of halogens is 8. The van der Waals surface area contributed by atoms with Gasteiger partial charge < -0.3 is 15.1 Å². The number of piperidine rings is 1. The molecule has 4 heterocycles. The van der Waals surface area contributed by atoms with Crippen molar-refractivity contribution in [3.05, 3.63) is 36.5 Å². The van der Waals surface area contributed by atoms with Gasteiger partial charge in [-0.15, -0.1) is 0 Å². The Morgan fingerprint density at radius 1 is 0.949 bits per heavy atom. The van der Waals surface area contributed by atoms with Crippen LogP contribution in [0.1, 0.15) is 18.4 Å². The first-order valence-electron chi connectivity index (χ1n) is 11.1. The molecule has 0 saturated carbocycles. The first kappa shape index (κ1) is 31.6. The molecule has 39 heavy (non-hydrogen) atoms. The number of carboxylic acids is 2. The molecule has 0 aliphatic carbocycles. The van der Waals surface area contributed by atoms with Crippen molar-refractivity contribution in [3.8, 4) is 0 Å². The minimum atomic E-state index is -5.08. The van der Waals surface area contributed by atoms with Gasteiger partial charge in [-0.05, 0) is 6.42 Å². The Balaban J connectivity index is 0.000000317. The predicted molar refractivity (Wildman–Crippen MR) is 117 cm³/mol. The summed E-state index contributed by atoms with van der Waals surface area (Å²) in [6.07, 6.45) is -1.19. The third-order valence-corrected chi connectivity index (χ3v) is 5.92. The van der Waals surface area contributed by atoms with E-state index < -0.39 is 35.6 Å². The van der Waals surface area contributed by atoms with Gasteiger partial charge in [-0.1, -0.05) is 0 Å². The van der Waals surface area contributed by atoms with Crippen molar-refractivity contribution in [2.24, 2.45) is 12.5 Å². The van der Waals surface area contributed by atoms with Crippen molar-refractivity contribution in [2.45, 2.75) is 37.7 Å². The van der Waals surface area contributed by atoms with Crippen LogP contribution in [0.15, 0.2) is 31.0 Å². The van der Waals surface area contributed by atoms with E-state index in [9.17, 15) is 35.1 Å². The van der Waals surface area contributed by atoms with E-state index in [-0.39, 0.29) is 6.42 Å². The minimum absolute atomic E-state index is 0.0957. The van der Waals surface area contributed by atoms with Crippen LogP contribution in [-0.2, 0) is 23.2 Å². The topological polar surface area (TPSA) is 125 Å². The van der Waals surface area contributed by atoms with Gasteiger partial charge in [0, 0.05) is 70.3 Å². The average molecular weight is 576 g/mol. The molecular weight excluding hydrogens is 552 g/mol. The summed E-state index contributed by atoms with van der Waals surface area (Å²) < 4.78 is 94.9. The molecule has 0 radical (unpaired) electrons. The van der Waals surface area contributed by atoms with Crippen molar-refractivity contribution >= 4 is 17.8 Å². The molecule has 2 N–H and O–H groups in total. The molecule has 18 heteroatoms. The molecule has 10 nitrogen and oxygen atoms in total. The molecule has 2 aliphatic rings. The fourth-order valence-corrected chi connectivity index (χ4v) is 4.08. The molecule has 2 saturated heterocycles. The Morgan fingerprint density at radius 2 is 1.54 bits per heavy atom. The minimum Gasteiger partial charge on any atom is -0.475 e. The maximum Gasteiger partial charge on any atom is 0.490 e. The number of rotatable bonds is 3. The molecule has 0 aromatic carbocycles. The largest absolute Gasteiger partial charge is 0.490 e. The van der Waals surface area contributed by atoms with E-state index in [0.717, 1.165) is 5.56 Å². The van der Waals surface area contributed by atoms with Crippen molar-refractivity contribution < 1.29 is 54.9 Å². The van der Waals surface area contributed by atoms with Gasteiger partial charge in [0.25, 0.3) is 5.92 Å². The van der Waals surface area contributed by atoms with Gasteiger partial charge in [-0.25, -0.2) is 23.4 Å². The summed E-state index contributed by atoms with van der Waals surface area (Å²) in [5.41, 5.74) is 0.0389. The predicted octanol–water partition coefficient (Wildman–Crippen LogP) is 3.21. The lowest BCUT2D eigenvalue weighted by molar-refractivity contribution is -0.193. The van der Waals surface area contributed by atoms with Gasteiger partial charge in [0.1, 0.15) is 5.82 Å². The quantitative estimate of drug-likeness (QED) is 0.530. The highest BCUT2D eigenvalue weighted by atomic mass is 19.4. The van der Waals surface area contributed by atoms with Crippen LogP contribution in [0.3, 0.4) is 0 Å². The number of hydrogen-bond acceptors (Lipinski definition) is 7. The number of anilines is 1. The summed E-state index contributed by atoms with van der Waals surface area (Å²) in [4.78, 5) is 30.2. The second-order valence-electron chi connectivity index (χ2n) is 8.81. The fraction of sp³-hybridized carbons (Fsp3) is 0.571. The zero-order valence-corrected chi connectivity index (χ0v) is 20.3. The van der Waals surface area contributed by atoms with Crippen LogP contribution in [0, 0.1) is 5.41 Å². The number of nitrogens with zero attached hydrogens (tertiary/aromatic N) is 6.